The molecule has 0 aliphatic carbocycles. The van der Waals surface area contributed by atoms with Crippen LogP contribution in [0.25, 0.3) is 0 Å². The summed E-state index contributed by atoms with van der Waals surface area (Å²) in [4.78, 5) is 19.1. The van der Waals surface area contributed by atoms with Crippen molar-refractivity contribution in [3.63, 3.8) is 0 Å². The lowest BCUT2D eigenvalue weighted by atomic mass is 10.1. The van der Waals surface area contributed by atoms with Crippen LogP contribution in [0.2, 0.25) is 0 Å². The normalized spacial score (nSPS) is 9.74. The van der Waals surface area contributed by atoms with E-state index < -0.39 is 0 Å². The maximum atomic E-state index is 11.1. The van der Waals surface area contributed by atoms with E-state index in [1.807, 2.05) is 0 Å². The van der Waals surface area contributed by atoms with Crippen LogP contribution in [-0.4, -0.2) is 20.9 Å². The number of rotatable bonds is 3. The van der Waals surface area contributed by atoms with E-state index in [2.05, 4.69) is 20.6 Å². The van der Waals surface area contributed by atoms with Gasteiger partial charge in [-0.1, -0.05) is 0 Å². The molecule has 0 spiro atoms. The van der Waals surface area contributed by atoms with E-state index in [0.717, 1.165) is 5.69 Å². The number of benzene rings is 1. The molecule has 1 aromatic heterocycles. The Kier molecular flexibility index (Phi) is 4.15. The molecule has 0 saturated carbocycles. The minimum absolute atomic E-state index is 0.0341. The van der Waals surface area contributed by atoms with Gasteiger partial charge < -0.3 is 10.6 Å². The second-order valence-electron chi connectivity index (χ2n) is 3.80. The highest BCUT2D eigenvalue weighted by Gasteiger charge is 2.01. The molecule has 0 aliphatic heterocycles. The SMILES string of the molecule is CC(=O)c1ccc(NC(=S)Nc2cnccn2)cc1. The van der Waals surface area contributed by atoms with Crippen molar-refractivity contribution in [2.75, 3.05) is 10.6 Å². The minimum atomic E-state index is 0.0341. The van der Waals surface area contributed by atoms with Crippen LogP contribution < -0.4 is 10.6 Å². The van der Waals surface area contributed by atoms with Gasteiger partial charge in [0, 0.05) is 23.6 Å². The molecular weight excluding hydrogens is 260 g/mol. The zero-order chi connectivity index (χ0) is 13.7. The van der Waals surface area contributed by atoms with E-state index in [9.17, 15) is 4.79 Å². The number of nitrogens with one attached hydrogen (secondary N) is 2. The number of aromatic nitrogens is 2. The summed E-state index contributed by atoms with van der Waals surface area (Å²) in [6.45, 7) is 1.53. The van der Waals surface area contributed by atoms with Crippen molar-refractivity contribution in [2.24, 2.45) is 0 Å². The van der Waals surface area contributed by atoms with Crippen LogP contribution in [-0.2, 0) is 0 Å². The number of anilines is 2. The van der Waals surface area contributed by atoms with E-state index in [1.165, 1.54) is 6.92 Å². The summed E-state index contributed by atoms with van der Waals surface area (Å²) in [6, 6.07) is 7.08. The standard InChI is InChI=1S/C13H12N4OS/c1-9(18)10-2-4-11(5-3-10)16-13(19)17-12-8-14-6-7-15-12/h2-8H,1H3,(H2,15,16,17,19). The molecule has 0 atom stereocenters. The first kappa shape index (κ1) is 13.1. The van der Waals surface area contributed by atoms with Crippen molar-refractivity contribution in [2.45, 2.75) is 6.92 Å². The Hall–Kier alpha value is -2.34. The van der Waals surface area contributed by atoms with Gasteiger partial charge in [-0.3, -0.25) is 9.78 Å². The molecule has 0 saturated heterocycles. The van der Waals surface area contributed by atoms with Crippen molar-refractivity contribution in [1.29, 1.82) is 0 Å². The maximum absolute atomic E-state index is 11.1. The molecule has 2 aromatic rings. The number of Topliss-reactive ketones (excluding diaryl/α,β-unsaturated/α-hetero) is 1. The van der Waals surface area contributed by atoms with Crippen molar-refractivity contribution in [3.05, 3.63) is 48.4 Å². The fourth-order valence-electron chi connectivity index (χ4n) is 1.43. The summed E-state index contributed by atoms with van der Waals surface area (Å²) >= 11 is 5.15. The Labute approximate surface area is 116 Å². The van der Waals surface area contributed by atoms with Gasteiger partial charge in [0.25, 0.3) is 0 Å². The van der Waals surface area contributed by atoms with Gasteiger partial charge in [0.15, 0.2) is 16.7 Å². The van der Waals surface area contributed by atoms with Crippen LogP contribution >= 0.6 is 12.2 Å². The first-order valence-electron chi connectivity index (χ1n) is 5.60. The first-order valence-corrected chi connectivity index (χ1v) is 6.01. The first-order chi connectivity index (χ1) is 9.15. The quantitative estimate of drug-likeness (QED) is 0.661. The molecule has 1 aromatic carbocycles. The van der Waals surface area contributed by atoms with Crippen LogP contribution in [0.1, 0.15) is 17.3 Å². The fourth-order valence-corrected chi connectivity index (χ4v) is 1.65. The summed E-state index contributed by atoms with van der Waals surface area (Å²) in [5.74, 6) is 0.604. The fraction of sp³-hybridized carbons (Fsp3) is 0.0769. The van der Waals surface area contributed by atoms with Gasteiger partial charge in [0.2, 0.25) is 0 Å². The van der Waals surface area contributed by atoms with Crippen LogP contribution in [0.15, 0.2) is 42.9 Å². The van der Waals surface area contributed by atoms with Gasteiger partial charge in [0.05, 0.1) is 6.20 Å². The Morgan fingerprint density at radius 1 is 1.16 bits per heavy atom. The van der Waals surface area contributed by atoms with Gasteiger partial charge in [-0.15, -0.1) is 0 Å². The Morgan fingerprint density at radius 3 is 2.47 bits per heavy atom. The van der Waals surface area contributed by atoms with Crippen LogP contribution in [0.3, 0.4) is 0 Å². The topological polar surface area (TPSA) is 66.9 Å². The van der Waals surface area contributed by atoms with Crippen LogP contribution in [0.4, 0.5) is 11.5 Å². The smallest absolute Gasteiger partial charge is 0.176 e. The number of hydrogen-bond acceptors (Lipinski definition) is 4. The van der Waals surface area contributed by atoms with Gasteiger partial charge in [0.1, 0.15) is 0 Å². The monoisotopic (exact) mass is 272 g/mol. The molecule has 96 valence electrons. The predicted molar refractivity (Wildman–Crippen MR) is 78.3 cm³/mol. The third kappa shape index (κ3) is 3.82. The minimum Gasteiger partial charge on any atom is -0.332 e. The molecule has 0 amide bonds. The van der Waals surface area contributed by atoms with E-state index in [1.54, 1.807) is 42.9 Å². The van der Waals surface area contributed by atoms with E-state index in [0.29, 0.717) is 16.5 Å². The predicted octanol–water partition coefficient (Wildman–Crippen LogP) is 2.49. The lowest BCUT2D eigenvalue weighted by Gasteiger charge is -2.09. The van der Waals surface area contributed by atoms with Gasteiger partial charge >= 0.3 is 0 Å². The molecule has 0 bridgehead atoms. The maximum Gasteiger partial charge on any atom is 0.176 e. The highest BCUT2D eigenvalue weighted by atomic mass is 32.1. The van der Waals surface area contributed by atoms with Crippen LogP contribution in [0.5, 0.6) is 0 Å². The number of carbonyl (C=O) groups is 1. The van der Waals surface area contributed by atoms with Crippen molar-refractivity contribution >= 4 is 34.6 Å². The molecule has 0 aliphatic rings. The molecular formula is C13H12N4OS. The Balaban J connectivity index is 1.97. The molecule has 19 heavy (non-hydrogen) atoms. The number of thiocarbonyl (C=S) groups is 1. The summed E-state index contributed by atoms with van der Waals surface area (Å²) in [6.07, 6.45) is 4.74. The van der Waals surface area contributed by atoms with Crippen molar-refractivity contribution < 1.29 is 4.79 Å². The lowest BCUT2D eigenvalue weighted by Crippen LogP contribution is -2.19. The Bertz CT molecular complexity index is 583. The van der Waals surface area contributed by atoms with E-state index in [4.69, 9.17) is 12.2 Å². The van der Waals surface area contributed by atoms with Gasteiger partial charge in [-0.25, -0.2) is 4.98 Å². The summed E-state index contributed by atoms with van der Waals surface area (Å²) < 4.78 is 0. The number of hydrogen-bond donors (Lipinski definition) is 2. The van der Waals surface area contributed by atoms with E-state index in [-0.39, 0.29) is 5.78 Å². The molecule has 2 N–H and O–H groups in total. The largest absolute Gasteiger partial charge is 0.332 e. The van der Waals surface area contributed by atoms with Crippen molar-refractivity contribution in [1.82, 2.24) is 9.97 Å². The second kappa shape index (κ2) is 6.01. The summed E-state index contributed by atoms with van der Waals surface area (Å²) in [5.41, 5.74) is 1.46. The third-order valence-electron chi connectivity index (χ3n) is 2.35. The number of nitrogens with zero attached hydrogens (tertiary/aromatic N) is 2. The molecule has 2 rings (SSSR count). The zero-order valence-corrected chi connectivity index (χ0v) is 11.1. The summed E-state index contributed by atoms with van der Waals surface area (Å²) in [5, 5.41) is 6.32. The summed E-state index contributed by atoms with van der Waals surface area (Å²) in [7, 11) is 0. The molecule has 0 radical (unpaired) electrons. The molecule has 6 heteroatoms. The van der Waals surface area contributed by atoms with Gasteiger partial charge in [-0.05, 0) is 43.4 Å². The average Bonchev–Trinajstić information content (AvgIpc) is 2.40. The average molecular weight is 272 g/mol. The molecule has 0 fully saturated rings. The van der Waals surface area contributed by atoms with Crippen LogP contribution in [0, 0.1) is 0 Å². The lowest BCUT2D eigenvalue weighted by molar-refractivity contribution is 0.101. The Morgan fingerprint density at radius 2 is 1.89 bits per heavy atom. The third-order valence-corrected chi connectivity index (χ3v) is 2.56. The number of carbonyl (C=O) groups excluding carboxylic acids is 1. The highest BCUT2D eigenvalue weighted by molar-refractivity contribution is 7.80. The van der Waals surface area contributed by atoms with E-state index >= 15 is 0 Å². The van der Waals surface area contributed by atoms with Crippen molar-refractivity contribution in [3.8, 4) is 0 Å². The molecule has 5 nitrogen and oxygen atoms in total. The van der Waals surface area contributed by atoms with Gasteiger partial charge in [-0.2, -0.15) is 0 Å². The molecule has 0 unspecified atom stereocenters. The highest BCUT2D eigenvalue weighted by Crippen LogP contribution is 2.10. The molecule has 1 heterocycles. The number of ketones is 1. The zero-order valence-electron chi connectivity index (χ0n) is 10.3. The second-order valence-corrected chi connectivity index (χ2v) is 4.21.